The molecular weight excluding hydrogens is 476 g/mol. The number of hydrogen-bond acceptors (Lipinski definition) is 5. The average Bonchev–Trinajstić information content (AvgIpc) is 3.63. The lowest BCUT2D eigenvalue weighted by molar-refractivity contribution is -0.122. The highest BCUT2D eigenvalue weighted by Crippen LogP contribution is 2.32. The Morgan fingerprint density at radius 3 is 2.74 bits per heavy atom. The maximum atomic E-state index is 12.5. The van der Waals surface area contributed by atoms with Gasteiger partial charge in [0.15, 0.2) is 5.82 Å². The minimum absolute atomic E-state index is 0.0409. The number of aromatic amines is 2. The fraction of sp³-hybridized carbons (Fsp3) is 0.200. The molecule has 0 aliphatic carbocycles. The van der Waals surface area contributed by atoms with E-state index in [4.69, 9.17) is 9.40 Å². The van der Waals surface area contributed by atoms with E-state index in [1.807, 2.05) is 58.0 Å². The van der Waals surface area contributed by atoms with Gasteiger partial charge in [0.1, 0.15) is 11.2 Å². The number of furan rings is 1. The van der Waals surface area contributed by atoms with Gasteiger partial charge in [0.2, 0.25) is 5.91 Å². The van der Waals surface area contributed by atoms with Gasteiger partial charge in [-0.3, -0.25) is 14.9 Å². The van der Waals surface area contributed by atoms with Crippen molar-refractivity contribution in [3.63, 3.8) is 0 Å². The van der Waals surface area contributed by atoms with E-state index in [0.717, 1.165) is 44.2 Å². The third kappa shape index (κ3) is 5.06. The van der Waals surface area contributed by atoms with E-state index in [-0.39, 0.29) is 11.3 Å². The van der Waals surface area contributed by atoms with Crippen molar-refractivity contribution in [3.05, 3.63) is 85.3 Å². The van der Waals surface area contributed by atoms with Crippen molar-refractivity contribution >= 4 is 33.4 Å². The fourth-order valence-electron chi connectivity index (χ4n) is 4.38. The predicted octanol–water partition coefficient (Wildman–Crippen LogP) is 6.79. The van der Waals surface area contributed by atoms with E-state index in [1.165, 1.54) is 0 Å². The number of H-pyrrole nitrogens is 2. The topological polar surface area (TPSA) is 112 Å². The minimum atomic E-state index is -0.103. The molecule has 1 amide bonds. The van der Waals surface area contributed by atoms with Crippen molar-refractivity contribution in [1.82, 2.24) is 30.5 Å². The molecule has 4 heterocycles. The quantitative estimate of drug-likeness (QED) is 0.210. The predicted molar refractivity (Wildman–Crippen MR) is 151 cm³/mol. The lowest BCUT2D eigenvalue weighted by Gasteiger charge is -2.17. The summed E-state index contributed by atoms with van der Waals surface area (Å²) in [6.07, 6.45) is 12.9. The van der Waals surface area contributed by atoms with E-state index >= 15 is 0 Å². The van der Waals surface area contributed by atoms with Gasteiger partial charge < -0.3 is 14.7 Å². The first kappa shape index (κ1) is 25.0. The van der Waals surface area contributed by atoms with Gasteiger partial charge in [0.05, 0.1) is 29.8 Å². The maximum Gasteiger partial charge on any atom is 0.224 e. The van der Waals surface area contributed by atoms with Crippen molar-refractivity contribution < 1.29 is 9.21 Å². The van der Waals surface area contributed by atoms with Gasteiger partial charge in [-0.2, -0.15) is 5.10 Å². The van der Waals surface area contributed by atoms with Gasteiger partial charge in [-0.05, 0) is 53.8 Å². The number of rotatable bonds is 7. The summed E-state index contributed by atoms with van der Waals surface area (Å²) in [5.41, 5.74) is 7.46. The molecule has 0 aliphatic heterocycles. The molecule has 8 nitrogen and oxygen atoms in total. The summed E-state index contributed by atoms with van der Waals surface area (Å²) in [7, 11) is 0. The number of nitrogens with one attached hydrogen (secondary N) is 3. The molecule has 0 atom stereocenters. The Hall–Kier alpha value is -4.72. The number of carbonyl (C=O) groups is 1. The summed E-state index contributed by atoms with van der Waals surface area (Å²) in [5.74, 6) is 0.598. The van der Waals surface area contributed by atoms with Crippen molar-refractivity contribution in [2.24, 2.45) is 5.41 Å². The molecule has 8 heteroatoms. The first-order chi connectivity index (χ1) is 18.3. The molecule has 1 aromatic carbocycles. The molecule has 5 aromatic rings. The van der Waals surface area contributed by atoms with Crippen molar-refractivity contribution in [2.45, 2.75) is 34.1 Å². The Kier molecular flexibility index (Phi) is 6.55. The van der Waals surface area contributed by atoms with Crippen LogP contribution in [0.15, 0.2) is 84.1 Å². The van der Waals surface area contributed by atoms with Gasteiger partial charge in [0.25, 0.3) is 0 Å². The normalized spacial score (nSPS) is 12.8. The highest BCUT2D eigenvalue weighted by molar-refractivity contribution is 5.98. The zero-order valence-corrected chi connectivity index (χ0v) is 21.9. The lowest BCUT2D eigenvalue weighted by Crippen LogP contribution is -2.26. The molecule has 38 heavy (non-hydrogen) atoms. The molecule has 3 N–H and O–H groups in total. The van der Waals surface area contributed by atoms with Gasteiger partial charge >= 0.3 is 0 Å². The molecule has 0 aliphatic rings. The molecule has 0 spiro atoms. The molecule has 0 unspecified atom stereocenters. The number of fused-ring (bicyclic) bond motifs is 2. The largest absolute Gasteiger partial charge is 0.472 e. The first-order valence-electron chi connectivity index (χ1n) is 12.4. The number of hydrogen-bond donors (Lipinski definition) is 3. The maximum absolute atomic E-state index is 12.5. The van der Waals surface area contributed by atoms with Crippen LogP contribution in [0.25, 0.3) is 50.2 Å². The van der Waals surface area contributed by atoms with Gasteiger partial charge in [-0.15, -0.1) is 0 Å². The molecule has 0 fully saturated rings. The number of imidazole rings is 1. The van der Waals surface area contributed by atoms with Crippen LogP contribution in [0.1, 0.15) is 39.7 Å². The van der Waals surface area contributed by atoms with E-state index < -0.39 is 0 Å². The molecule has 0 saturated carbocycles. The summed E-state index contributed by atoms with van der Waals surface area (Å²) in [5, 5.41) is 11.6. The van der Waals surface area contributed by atoms with Gasteiger partial charge in [0, 0.05) is 34.8 Å². The Morgan fingerprint density at radius 1 is 1.18 bits per heavy atom. The standard InChI is InChI=1S/C30H30N6O2/c1-6-18(12-21(7-2)32-26(37)14-30(3,4)5)19-8-9-24-22(13-19)28(36-35-24)29-33-25-16-31-15-23(27(25)34-29)20-10-11-38-17-20/h6-13,15-17H,2,14H2,1,3-5H3,(H,32,37)(H,33,34)(H,35,36)/b18-6+,21-12+. The summed E-state index contributed by atoms with van der Waals surface area (Å²) in [4.78, 5) is 25.1. The minimum Gasteiger partial charge on any atom is -0.472 e. The second-order valence-electron chi connectivity index (χ2n) is 10.3. The highest BCUT2D eigenvalue weighted by atomic mass is 16.3. The van der Waals surface area contributed by atoms with E-state index in [1.54, 1.807) is 31.0 Å². The van der Waals surface area contributed by atoms with Crippen LogP contribution in [0.3, 0.4) is 0 Å². The van der Waals surface area contributed by atoms with Crippen LogP contribution >= 0.6 is 0 Å². The molecule has 5 rings (SSSR count). The number of allylic oxidation sites excluding steroid dienone is 4. The van der Waals surface area contributed by atoms with Crippen LogP contribution in [-0.4, -0.2) is 31.1 Å². The SMILES string of the molecule is C=C/C(=C\C(=C/C)c1ccc2[nH]nc(-c3nc4c(-c5ccoc5)cncc4[nH]3)c2c1)NC(=O)CC(C)(C)C. The second-order valence-corrected chi connectivity index (χ2v) is 10.3. The number of pyridine rings is 1. The molecule has 4 aromatic heterocycles. The van der Waals surface area contributed by atoms with Crippen LogP contribution in [0.4, 0.5) is 0 Å². The van der Waals surface area contributed by atoms with E-state index in [0.29, 0.717) is 23.6 Å². The monoisotopic (exact) mass is 506 g/mol. The average molecular weight is 507 g/mol. The van der Waals surface area contributed by atoms with E-state index in [9.17, 15) is 4.79 Å². The highest BCUT2D eigenvalue weighted by Gasteiger charge is 2.18. The molecule has 192 valence electrons. The van der Waals surface area contributed by atoms with Crippen LogP contribution in [0.5, 0.6) is 0 Å². The van der Waals surface area contributed by atoms with Crippen molar-refractivity contribution in [2.75, 3.05) is 0 Å². The van der Waals surface area contributed by atoms with Crippen LogP contribution in [-0.2, 0) is 4.79 Å². The Balaban J connectivity index is 1.51. The zero-order chi connectivity index (χ0) is 26.9. The van der Waals surface area contributed by atoms with Crippen LogP contribution in [0.2, 0.25) is 0 Å². The number of amides is 1. The molecule has 0 bridgehead atoms. The Labute approximate surface area is 220 Å². The number of benzene rings is 1. The third-order valence-corrected chi connectivity index (χ3v) is 6.16. The second kappa shape index (κ2) is 9.97. The number of aromatic nitrogens is 5. The Bertz CT molecular complexity index is 1690. The van der Waals surface area contributed by atoms with Gasteiger partial charge in [-0.25, -0.2) is 4.98 Å². The molecule has 0 saturated heterocycles. The summed E-state index contributed by atoms with van der Waals surface area (Å²) >= 11 is 0. The van der Waals surface area contributed by atoms with Crippen LogP contribution < -0.4 is 5.32 Å². The smallest absolute Gasteiger partial charge is 0.224 e. The molecule has 0 radical (unpaired) electrons. The number of nitrogens with zero attached hydrogens (tertiary/aromatic N) is 3. The first-order valence-corrected chi connectivity index (χ1v) is 12.4. The third-order valence-electron chi connectivity index (χ3n) is 6.16. The zero-order valence-electron chi connectivity index (χ0n) is 21.9. The van der Waals surface area contributed by atoms with Gasteiger partial charge in [-0.1, -0.05) is 39.5 Å². The summed E-state index contributed by atoms with van der Waals surface area (Å²) in [6, 6.07) is 7.97. The molecular formula is C30H30N6O2. The fourth-order valence-corrected chi connectivity index (χ4v) is 4.38. The summed E-state index contributed by atoms with van der Waals surface area (Å²) < 4.78 is 5.26. The summed E-state index contributed by atoms with van der Waals surface area (Å²) in [6.45, 7) is 12.0. The van der Waals surface area contributed by atoms with Crippen molar-refractivity contribution in [1.29, 1.82) is 0 Å². The number of carbonyl (C=O) groups excluding carboxylic acids is 1. The lowest BCUT2D eigenvalue weighted by atomic mass is 9.92. The Morgan fingerprint density at radius 2 is 2.03 bits per heavy atom. The van der Waals surface area contributed by atoms with Crippen molar-refractivity contribution in [3.8, 4) is 22.6 Å². The van der Waals surface area contributed by atoms with E-state index in [2.05, 4.69) is 38.1 Å². The van der Waals surface area contributed by atoms with Crippen LogP contribution in [0, 0.1) is 5.41 Å².